The van der Waals surface area contributed by atoms with Gasteiger partial charge in [0.05, 0.1) is 13.2 Å². The second kappa shape index (κ2) is 8.45. The maximum atomic E-state index is 5.62. The second-order valence-electron chi connectivity index (χ2n) is 4.19. The van der Waals surface area contributed by atoms with Crippen molar-refractivity contribution in [3.8, 4) is 0 Å². The summed E-state index contributed by atoms with van der Waals surface area (Å²) in [4.78, 5) is 0. The van der Waals surface area contributed by atoms with Gasteiger partial charge in [0.25, 0.3) is 0 Å². The molecular formula is C11H24O2Si. The highest BCUT2D eigenvalue weighted by Gasteiger charge is 2.12. The van der Waals surface area contributed by atoms with Crippen molar-refractivity contribution in [3.63, 3.8) is 0 Å². The molecule has 0 amide bonds. The van der Waals surface area contributed by atoms with Crippen LogP contribution in [0.5, 0.6) is 0 Å². The Hall–Kier alpha value is 0.137. The van der Waals surface area contributed by atoms with Gasteiger partial charge in [-0.2, -0.15) is 0 Å². The molecule has 0 aromatic rings. The highest BCUT2D eigenvalue weighted by Crippen LogP contribution is 2.23. The van der Waals surface area contributed by atoms with Crippen LogP contribution in [-0.2, 0) is 9.16 Å². The van der Waals surface area contributed by atoms with Gasteiger partial charge in [0, 0.05) is 6.61 Å². The highest BCUT2D eigenvalue weighted by molar-refractivity contribution is 6.26. The molecule has 1 fully saturated rings. The summed E-state index contributed by atoms with van der Waals surface area (Å²) >= 11 is 0. The van der Waals surface area contributed by atoms with E-state index in [4.69, 9.17) is 9.16 Å². The van der Waals surface area contributed by atoms with Gasteiger partial charge in [-0.15, -0.1) is 0 Å². The first-order valence-corrected chi connectivity index (χ1v) is 7.66. The van der Waals surface area contributed by atoms with E-state index in [2.05, 4.69) is 6.92 Å². The first-order valence-electron chi connectivity index (χ1n) is 6.09. The van der Waals surface area contributed by atoms with Crippen LogP contribution in [0.25, 0.3) is 0 Å². The lowest BCUT2D eigenvalue weighted by atomic mass is 9.90. The van der Waals surface area contributed by atoms with E-state index in [0.717, 1.165) is 25.7 Å². The van der Waals surface area contributed by atoms with Gasteiger partial charge in [0.15, 0.2) is 9.76 Å². The number of ether oxygens (including phenoxy) is 1. The summed E-state index contributed by atoms with van der Waals surface area (Å²) in [5, 5.41) is 0. The van der Waals surface area contributed by atoms with E-state index < -0.39 is 0 Å². The number of hydrogen-bond acceptors (Lipinski definition) is 2. The molecule has 0 atom stereocenters. The van der Waals surface area contributed by atoms with E-state index in [1.807, 2.05) is 0 Å². The minimum atomic E-state index is -0.209. The molecule has 0 heterocycles. The van der Waals surface area contributed by atoms with Crippen molar-refractivity contribution in [1.29, 1.82) is 0 Å². The molecule has 0 aromatic carbocycles. The first-order chi connectivity index (χ1) is 6.93. The SMILES string of the molecule is CC[SiH2]OCCOCC1CCCCC1. The minimum Gasteiger partial charge on any atom is -0.422 e. The van der Waals surface area contributed by atoms with Gasteiger partial charge in [-0.1, -0.05) is 26.2 Å². The molecule has 0 radical (unpaired) electrons. The van der Waals surface area contributed by atoms with Crippen molar-refractivity contribution in [3.05, 3.63) is 0 Å². The fourth-order valence-corrected chi connectivity index (χ4v) is 2.58. The van der Waals surface area contributed by atoms with Crippen LogP contribution in [0.2, 0.25) is 6.04 Å². The van der Waals surface area contributed by atoms with Crippen LogP contribution in [0.3, 0.4) is 0 Å². The van der Waals surface area contributed by atoms with E-state index in [9.17, 15) is 0 Å². The van der Waals surface area contributed by atoms with Crippen LogP contribution in [-0.4, -0.2) is 29.6 Å². The third kappa shape index (κ3) is 5.78. The van der Waals surface area contributed by atoms with E-state index in [1.165, 1.54) is 38.1 Å². The standard InChI is InChI=1S/C11H24O2Si/c1-2-14-13-9-8-12-10-11-6-4-3-5-7-11/h11H,2-10,14H2,1H3. The third-order valence-corrected chi connectivity index (χ3v) is 3.78. The van der Waals surface area contributed by atoms with E-state index >= 15 is 0 Å². The summed E-state index contributed by atoms with van der Waals surface area (Å²) in [5.74, 6) is 0.840. The third-order valence-electron chi connectivity index (χ3n) is 2.80. The first kappa shape index (κ1) is 12.2. The molecule has 3 heteroatoms. The zero-order valence-corrected chi connectivity index (χ0v) is 10.9. The molecule has 0 unspecified atom stereocenters. The molecule has 84 valence electrons. The van der Waals surface area contributed by atoms with Crippen LogP contribution < -0.4 is 0 Å². The van der Waals surface area contributed by atoms with Gasteiger partial charge in [-0.3, -0.25) is 0 Å². The Morgan fingerprint density at radius 3 is 2.64 bits per heavy atom. The van der Waals surface area contributed by atoms with Crippen molar-refractivity contribution in [2.45, 2.75) is 45.1 Å². The van der Waals surface area contributed by atoms with Crippen LogP contribution in [0.4, 0.5) is 0 Å². The zero-order valence-electron chi connectivity index (χ0n) is 9.46. The van der Waals surface area contributed by atoms with Gasteiger partial charge >= 0.3 is 0 Å². The second-order valence-corrected chi connectivity index (χ2v) is 6.01. The summed E-state index contributed by atoms with van der Waals surface area (Å²) in [5.41, 5.74) is 0. The summed E-state index contributed by atoms with van der Waals surface area (Å²) in [6, 6.07) is 1.24. The largest absolute Gasteiger partial charge is 0.422 e. The molecule has 0 aromatic heterocycles. The Balaban J connectivity index is 1.82. The summed E-state index contributed by atoms with van der Waals surface area (Å²) < 4.78 is 11.1. The van der Waals surface area contributed by atoms with Crippen molar-refractivity contribution in [1.82, 2.24) is 0 Å². The summed E-state index contributed by atoms with van der Waals surface area (Å²) in [7, 11) is -0.209. The molecule has 0 spiro atoms. The van der Waals surface area contributed by atoms with Gasteiger partial charge < -0.3 is 9.16 Å². The molecule has 1 saturated carbocycles. The van der Waals surface area contributed by atoms with Gasteiger partial charge in [0.1, 0.15) is 0 Å². The molecular weight excluding hydrogens is 192 g/mol. The van der Waals surface area contributed by atoms with Crippen molar-refractivity contribution >= 4 is 9.76 Å². The maximum Gasteiger partial charge on any atom is 0.161 e. The average Bonchev–Trinajstić information content (AvgIpc) is 2.25. The Labute approximate surface area is 90.3 Å². The molecule has 1 aliphatic carbocycles. The van der Waals surface area contributed by atoms with E-state index in [-0.39, 0.29) is 9.76 Å². The van der Waals surface area contributed by atoms with E-state index in [0.29, 0.717) is 0 Å². The lowest BCUT2D eigenvalue weighted by Crippen LogP contribution is -2.15. The molecule has 0 N–H and O–H groups in total. The van der Waals surface area contributed by atoms with Crippen LogP contribution in [0, 0.1) is 5.92 Å². The molecule has 0 aliphatic heterocycles. The topological polar surface area (TPSA) is 18.5 Å². The Morgan fingerprint density at radius 1 is 1.14 bits per heavy atom. The molecule has 1 aliphatic rings. The Morgan fingerprint density at radius 2 is 1.93 bits per heavy atom. The van der Waals surface area contributed by atoms with Crippen LogP contribution in [0.15, 0.2) is 0 Å². The van der Waals surface area contributed by atoms with Gasteiger partial charge in [0.2, 0.25) is 0 Å². The molecule has 1 rings (SSSR count). The average molecular weight is 216 g/mol. The lowest BCUT2D eigenvalue weighted by molar-refractivity contribution is 0.0643. The number of rotatable bonds is 7. The summed E-state index contributed by atoms with van der Waals surface area (Å²) in [6.45, 7) is 4.79. The molecule has 0 saturated heterocycles. The van der Waals surface area contributed by atoms with Crippen LogP contribution in [0.1, 0.15) is 39.0 Å². The maximum absolute atomic E-state index is 5.62. The van der Waals surface area contributed by atoms with Crippen molar-refractivity contribution in [2.75, 3.05) is 19.8 Å². The molecule has 14 heavy (non-hydrogen) atoms. The zero-order chi connectivity index (χ0) is 10.1. The van der Waals surface area contributed by atoms with E-state index in [1.54, 1.807) is 0 Å². The lowest BCUT2D eigenvalue weighted by Gasteiger charge is -2.21. The predicted molar refractivity (Wildman–Crippen MR) is 62.4 cm³/mol. The van der Waals surface area contributed by atoms with Crippen molar-refractivity contribution < 1.29 is 9.16 Å². The van der Waals surface area contributed by atoms with Crippen LogP contribution >= 0.6 is 0 Å². The minimum absolute atomic E-state index is 0.209. The van der Waals surface area contributed by atoms with Gasteiger partial charge in [-0.25, -0.2) is 0 Å². The normalized spacial score (nSPS) is 19.5. The smallest absolute Gasteiger partial charge is 0.161 e. The molecule has 2 nitrogen and oxygen atoms in total. The monoisotopic (exact) mass is 216 g/mol. The quantitative estimate of drug-likeness (QED) is 0.479. The fraction of sp³-hybridized carbons (Fsp3) is 1.00. The fourth-order valence-electron chi connectivity index (χ4n) is 1.97. The predicted octanol–water partition coefficient (Wildman–Crippen LogP) is 2.12. The Kier molecular flexibility index (Phi) is 7.36. The Bertz CT molecular complexity index is 124. The van der Waals surface area contributed by atoms with Crippen molar-refractivity contribution in [2.24, 2.45) is 5.92 Å². The summed E-state index contributed by atoms with van der Waals surface area (Å²) in [6.07, 6.45) is 7.01. The molecule has 0 bridgehead atoms. The van der Waals surface area contributed by atoms with Gasteiger partial charge in [-0.05, 0) is 24.8 Å². The highest BCUT2D eigenvalue weighted by atomic mass is 28.2. The number of hydrogen-bond donors (Lipinski definition) is 0.